The third-order valence-electron chi connectivity index (χ3n) is 7.42. The van der Waals surface area contributed by atoms with Crippen molar-refractivity contribution in [1.29, 1.82) is 0 Å². The van der Waals surface area contributed by atoms with Crippen molar-refractivity contribution in [3.05, 3.63) is 69.7 Å². The molecule has 7 nitrogen and oxygen atoms in total. The molecule has 1 fully saturated rings. The van der Waals surface area contributed by atoms with Crippen LogP contribution < -0.4 is 0 Å². The number of imide groups is 1. The number of halogens is 3. The zero-order chi connectivity index (χ0) is 27.4. The van der Waals surface area contributed by atoms with Crippen molar-refractivity contribution in [2.45, 2.75) is 36.1 Å². The maximum Gasteiger partial charge on any atom is 0.348 e. The van der Waals surface area contributed by atoms with E-state index in [1.54, 1.807) is 41.7 Å². The van der Waals surface area contributed by atoms with Crippen LogP contribution in [0.25, 0.3) is 0 Å². The van der Waals surface area contributed by atoms with Crippen LogP contribution in [0.4, 0.5) is 8.78 Å². The molecule has 0 aliphatic carbocycles. The first-order valence-electron chi connectivity index (χ1n) is 11.8. The predicted molar refractivity (Wildman–Crippen MR) is 147 cm³/mol. The highest BCUT2D eigenvalue weighted by Crippen LogP contribution is 2.40. The van der Waals surface area contributed by atoms with E-state index in [0.717, 1.165) is 21.8 Å². The molecule has 0 radical (unpaired) electrons. The molecule has 4 amide bonds. The zero-order valence-corrected chi connectivity index (χ0v) is 22.0. The molecular formula is C22H23B5ClF2N3O4. The molecule has 2 unspecified atom stereocenters. The smallest absolute Gasteiger partial charge is 0.348 e. The standard InChI is InChI=1S/C22H23B5ClF2N3O4/c23-17(33(27)20(37)22(29,30)12-2-4-13(28)5-3-12)10-1-6-14-11(7-10)9-31(18(14)35)16-19(36)32(26)15(34)8-21(16,24)25/h1-7,16-17H,8-9,23-27H2. The number of alkyl halides is 2. The lowest BCUT2D eigenvalue weighted by Gasteiger charge is -2.45. The predicted octanol–water partition coefficient (Wildman–Crippen LogP) is -1.85. The van der Waals surface area contributed by atoms with Gasteiger partial charge in [0.1, 0.15) is 29.6 Å². The van der Waals surface area contributed by atoms with Gasteiger partial charge in [0.05, 0.1) is 0 Å². The van der Waals surface area contributed by atoms with Crippen LogP contribution in [-0.2, 0) is 26.9 Å². The van der Waals surface area contributed by atoms with Gasteiger partial charge in [-0.1, -0.05) is 35.9 Å². The van der Waals surface area contributed by atoms with Gasteiger partial charge in [-0.25, -0.2) is 0 Å². The summed E-state index contributed by atoms with van der Waals surface area (Å²) in [5.41, 5.74) is 1.14. The Hall–Kier alpha value is -3.01. The molecule has 0 bridgehead atoms. The molecule has 15 heteroatoms. The molecule has 2 aromatic rings. The number of piperidine rings is 1. The van der Waals surface area contributed by atoms with Gasteiger partial charge in [-0.3, -0.25) is 19.2 Å². The van der Waals surface area contributed by atoms with Crippen molar-refractivity contribution >= 4 is 74.7 Å². The molecule has 0 spiro atoms. The first-order valence-corrected chi connectivity index (χ1v) is 12.2. The topological polar surface area (TPSA) is 78.0 Å². The highest BCUT2D eigenvalue weighted by molar-refractivity contribution is 6.45. The Morgan fingerprint density at radius 1 is 1.14 bits per heavy atom. The van der Waals surface area contributed by atoms with E-state index >= 15 is 0 Å². The van der Waals surface area contributed by atoms with Crippen LogP contribution in [0.5, 0.6) is 0 Å². The highest BCUT2D eigenvalue weighted by Gasteiger charge is 2.50. The number of carbonyl (C=O) groups excluding carboxylic acids is 4. The normalized spacial score (nSPS) is 20.1. The van der Waals surface area contributed by atoms with Crippen molar-refractivity contribution < 1.29 is 28.0 Å². The molecule has 37 heavy (non-hydrogen) atoms. The Bertz CT molecular complexity index is 1310. The molecule has 0 aromatic heterocycles. The fraction of sp³-hybridized carbons (Fsp3) is 0.273. The lowest BCUT2D eigenvalue weighted by molar-refractivity contribution is -0.154. The van der Waals surface area contributed by atoms with Gasteiger partial charge in [0.25, 0.3) is 11.8 Å². The summed E-state index contributed by atoms with van der Waals surface area (Å²) in [5, 5.41) is -0.471. The third-order valence-corrected chi connectivity index (χ3v) is 7.67. The Kier molecular flexibility index (Phi) is 6.86. The summed E-state index contributed by atoms with van der Waals surface area (Å²) in [4.78, 5) is 54.7. The van der Waals surface area contributed by atoms with E-state index in [-0.39, 0.29) is 29.8 Å². The van der Waals surface area contributed by atoms with Crippen LogP contribution in [0.1, 0.15) is 39.4 Å². The van der Waals surface area contributed by atoms with E-state index in [2.05, 4.69) is 0 Å². The van der Waals surface area contributed by atoms with E-state index in [9.17, 15) is 28.0 Å². The molecule has 186 valence electrons. The number of fused-ring (bicyclic) bond motifs is 1. The average Bonchev–Trinajstić information content (AvgIpc) is 3.16. The van der Waals surface area contributed by atoms with Crippen molar-refractivity contribution in [1.82, 2.24) is 14.5 Å². The lowest BCUT2D eigenvalue weighted by atomic mass is 9.47. The zero-order valence-electron chi connectivity index (χ0n) is 21.2. The molecular weight excluding hydrogens is 498 g/mol. The second kappa shape index (κ2) is 9.38. The second-order valence-electron chi connectivity index (χ2n) is 10.4. The quantitative estimate of drug-likeness (QED) is 0.343. The molecule has 0 N–H and O–H groups in total. The minimum atomic E-state index is -3.76. The van der Waals surface area contributed by atoms with Crippen LogP contribution >= 0.6 is 11.6 Å². The first-order chi connectivity index (χ1) is 17.2. The summed E-state index contributed by atoms with van der Waals surface area (Å²) >= 11 is 5.78. The van der Waals surface area contributed by atoms with Crippen LogP contribution in [-0.4, -0.2) is 83.7 Å². The van der Waals surface area contributed by atoms with Gasteiger partial charge >= 0.3 is 5.92 Å². The Balaban J connectivity index is 1.57. The molecule has 2 aliphatic rings. The van der Waals surface area contributed by atoms with Gasteiger partial charge in [0, 0.05) is 35.1 Å². The van der Waals surface area contributed by atoms with E-state index < -0.39 is 40.5 Å². The average molecular weight is 521 g/mol. The summed E-state index contributed by atoms with van der Waals surface area (Å²) in [6.07, 6.45) is 0.122. The number of amides is 4. The fourth-order valence-electron chi connectivity index (χ4n) is 5.04. The molecule has 2 aliphatic heterocycles. The van der Waals surface area contributed by atoms with Crippen molar-refractivity contribution in [2.75, 3.05) is 0 Å². The summed E-state index contributed by atoms with van der Waals surface area (Å²) in [7, 11) is 7.91. The number of nitrogens with zero attached hydrogens (tertiary/aromatic N) is 3. The number of hydrogen-bond donors (Lipinski definition) is 0. The monoisotopic (exact) mass is 521 g/mol. The number of rotatable bonds is 5. The van der Waals surface area contributed by atoms with Gasteiger partial charge in [-0.05, 0) is 34.5 Å². The van der Waals surface area contributed by atoms with Gasteiger partial charge in [-0.15, -0.1) is 0 Å². The number of hydrogen-bond acceptors (Lipinski definition) is 4. The first kappa shape index (κ1) is 27.0. The summed E-state index contributed by atoms with van der Waals surface area (Å²) in [6.45, 7) is 0.134. The maximum atomic E-state index is 15.0. The minimum Gasteiger partial charge on any atom is -0.389 e. The largest absolute Gasteiger partial charge is 0.389 e. The molecule has 4 rings (SSSR count). The Morgan fingerprint density at radius 3 is 2.38 bits per heavy atom. The van der Waals surface area contributed by atoms with E-state index in [1.165, 1.54) is 33.0 Å². The van der Waals surface area contributed by atoms with Gasteiger partial charge in [-0.2, -0.15) is 8.78 Å². The third kappa shape index (κ3) is 4.60. The minimum absolute atomic E-state index is 0.122. The van der Waals surface area contributed by atoms with E-state index in [4.69, 9.17) is 11.6 Å². The Labute approximate surface area is 222 Å². The molecule has 2 heterocycles. The van der Waals surface area contributed by atoms with Gasteiger partial charge in [0.2, 0.25) is 27.8 Å². The summed E-state index contributed by atoms with van der Waals surface area (Å²) in [6, 6.07) is 8.94. The van der Waals surface area contributed by atoms with Crippen molar-refractivity contribution in [3.8, 4) is 0 Å². The molecule has 2 atom stereocenters. The van der Waals surface area contributed by atoms with Crippen LogP contribution in [0.3, 0.4) is 0 Å². The summed E-state index contributed by atoms with van der Waals surface area (Å²) < 4.78 is 29.9. The summed E-state index contributed by atoms with van der Waals surface area (Å²) in [5.74, 6) is -6.92. The van der Waals surface area contributed by atoms with Gasteiger partial charge in [0.15, 0.2) is 0 Å². The molecule has 1 saturated heterocycles. The molecule has 2 aromatic carbocycles. The fourth-order valence-corrected chi connectivity index (χ4v) is 5.16. The Morgan fingerprint density at radius 2 is 1.76 bits per heavy atom. The molecule has 0 saturated carbocycles. The maximum absolute atomic E-state index is 15.0. The SMILES string of the molecule is BC(c1ccc2c(c1)CN(C1C(=O)N(B)C(=O)CC1(B)B)C2=O)N(B)C(=O)C(F)(F)c1ccc(Cl)cc1. The second-order valence-corrected chi connectivity index (χ2v) is 10.8. The van der Waals surface area contributed by atoms with Crippen LogP contribution in [0.15, 0.2) is 42.5 Å². The van der Waals surface area contributed by atoms with Gasteiger partial charge < -0.3 is 14.5 Å². The van der Waals surface area contributed by atoms with Crippen molar-refractivity contribution in [2.24, 2.45) is 0 Å². The van der Waals surface area contributed by atoms with E-state index in [1.807, 2.05) is 0 Å². The van der Waals surface area contributed by atoms with Crippen molar-refractivity contribution in [3.63, 3.8) is 0 Å². The van der Waals surface area contributed by atoms with Crippen LogP contribution in [0.2, 0.25) is 10.2 Å². The van der Waals surface area contributed by atoms with E-state index in [0.29, 0.717) is 16.7 Å². The number of carbonyl (C=O) groups is 4. The highest BCUT2D eigenvalue weighted by atomic mass is 35.5. The number of benzene rings is 2. The lowest BCUT2D eigenvalue weighted by Crippen LogP contribution is -2.60. The van der Waals surface area contributed by atoms with Crippen LogP contribution in [0, 0.1) is 0 Å².